The number of rotatable bonds is 1. The maximum Gasteiger partial charge on any atom is 3.00 e. The second-order valence-corrected chi connectivity index (χ2v) is 1.37. The van der Waals surface area contributed by atoms with Crippen LogP contribution < -0.4 is 5.11 Å². The summed E-state index contributed by atoms with van der Waals surface area (Å²) in [5.41, 5.74) is 0. The number of carbonyl (C=O) groups excluding carboxylic acids is 1. The molecule has 0 fully saturated rings. The van der Waals surface area contributed by atoms with Gasteiger partial charge in [-0.3, -0.25) is 4.79 Å². The van der Waals surface area contributed by atoms with Crippen molar-refractivity contribution in [1.29, 1.82) is 0 Å². The van der Waals surface area contributed by atoms with Gasteiger partial charge in [0.2, 0.25) is 0 Å². The average Bonchev–Trinajstić information content (AvgIpc) is 1.93. The summed E-state index contributed by atoms with van der Waals surface area (Å²) in [4.78, 5) is 9.98. The van der Waals surface area contributed by atoms with E-state index >= 15 is 0 Å². The summed E-state index contributed by atoms with van der Waals surface area (Å²) >= 11 is 0. The third kappa shape index (κ3) is 49.5. The normalized spacial score (nSPS) is 7.67. The first-order valence-corrected chi connectivity index (χ1v) is 3.40. The Morgan fingerprint density at radius 2 is 1.42 bits per heavy atom. The van der Waals surface area contributed by atoms with E-state index < -0.39 is 0 Å². The fourth-order valence-electron chi connectivity index (χ4n) is 0.286. The molecule has 0 N–H and O–H groups in total. The fraction of sp³-hybridized carbons (Fsp3) is 0.444. The van der Waals surface area contributed by atoms with Crippen LogP contribution in [0.5, 0.6) is 0 Å². The van der Waals surface area contributed by atoms with Crippen LogP contribution in [0.3, 0.4) is 0 Å². The Labute approximate surface area is 96.2 Å². The van der Waals surface area contributed by atoms with Crippen molar-refractivity contribution in [3.8, 4) is 0 Å². The predicted octanol–water partition coefficient (Wildman–Crippen LogP) is 1.14. The van der Waals surface area contributed by atoms with Crippen LogP contribution in [-0.4, -0.2) is 33.1 Å². The molecule has 0 bridgehead atoms. The maximum atomic E-state index is 9.98. The van der Waals surface area contributed by atoms with Crippen molar-refractivity contribution in [3.05, 3.63) is 25.7 Å². The van der Waals surface area contributed by atoms with E-state index in [4.69, 9.17) is 0 Å². The Kier molecular flexibility index (Phi) is 42.6. The predicted molar refractivity (Wildman–Crippen MR) is 52.3 cm³/mol. The molecular formula is C9H17O2Tl. The van der Waals surface area contributed by atoms with E-state index in [2.05, 4.69) is 13.8 Å². The number of carbonyl (C=O) groups is 1. The maximum absolute atomic E-state index is 9.98. The van der Waals surface area contributed by atoms with Crippen molar-refractivity contribution in [2.45, 2.75) is 27.7 Å². The number of hydrogen-bond acceptors (Lipinski definition) is 2. The molecule has 0 saturated heterocycles. The standard InChI is InChI=1S/C5H8O2.2C2H5.Tl/c1-4(6)3-5(2)7;2*1-2;/h3,6H,1-2H3;2*1H2,2H3;/q;2*-1;+3/p-1/b4-3-;;;. The largest absolute Gasteiger partial charge is 3.00 e. The fourth-order valence-corrected chi connectivity index (χ4v) is 0.286. The molecule has 0 aliphatic carbocycles. The topological polar surface area (TPSA) is 40.1 Å². The zero-order valence-corrected chi connectivity index (χ0v) is 12.9. The summed E-state index contributed by atoms with van der Waals surface area (Å²) in [6.45, 7) is 12.7. The molecule has 68 valence electrons. The first-order chi connectivity index (χ1) is 5.13. The van der Waals surface area contributed by atoms with Crippen molar-refractivity contribution >= 4 is 33.1 Å². The van der Waals surface area contributed by atoms with Gasteiger partial charge in [-0.05, 0) is 13.0 Å². The summed E-state index contributed by atoms with van der Waals surface area (Å²) in [7, 11) is 0. The minimum atomic E-state index is -0.187. The summed E-state index contributed by atoms with van der Waals surface area (Å²) in [5, 5.41) is 9.98. The van der Waals surface area contributed by atoms with Crippen LogP contribution in [0.25, 0.3) is 0 Å². The number of allylic oxidation sites excluding steroid dienone is 2. The molecule has 0 aliphatic heterocycles. The third-order valence-electron chi connectivity index (χ3n) is 0.407. The summed E-state index contributed by atoms with van der Waals surface area (Å²) in [6.07, 6.45) is 1.06. The van der Waals surface area contributed by atoms with Gasteiger partial charge in [-0.25, -0.2) is 0 Å². The molecular weight excluding hydrogens is 344 g/mol. The molecule has 0 aromatic carbocycles. The molecule has 0 atom stereocenters. The molecule has 0 aliphatic rings. The van der Waals surface area contributed by atoms with Crippen LogP contribution in [0, 0.1) is 13.8 Å². The molecule has 0 radical (unpaired) electrons. The van der Waals surface area contributed by atoms with E-state index in [1.165, 1.54) is 13.8 Å². The van der Waals surface area contributed by atoms with Gasteiger partial charge in [-0.15, -0.1) is 5.76 Å². The molecule has 0 rings (SSSR count). The molecule has 0 aromatic rings. The first-order valence-electron chi connectivity index (χ1n) is 3.40. The number of ketones is 1. The molecule has 0 amide bonds. The molecule has 12 heavy (non-hydrogen) atoms. The zero-order valence-electron chi connectivity index (χ0n) is 8.39. The van der Waals surface area contributed by atoms with E-state index in [-0.39, 0.29) is 38.8 Å². The average molecular weight is 362 g/mol. The Morgan fingerprint density at radius 3 is 1.42 bits per heavy atom. The Hall–Kier alpha value is 0.132. The van der Waals surface area contributed by atoms with E-state index in [9.17, 15) is 9.90 Å². The second-order valence-electron chi connectivity index (χ2n) is 1.37. The van der Waals surface area contributed by atoms with E-state index in [1.807, 2.05) is 0 Å². The van der Waals surface area contributed by atoms with Gasteiger partial charge in [-0.2, -0.15) is 13.8 Å². The Balaban J connectivity index is -0.0000000560. The van der Waals surface area contributed by atoms with Crippen LogP contribution in [0.1, 0.15) is 27.7 Å². The Morgan fingerprint density at radius 1 is 1.17 bits per heavy atom. The van der Waals surface area contributed by atoms with Gasteiger partial charge in [0.15, 0.2) is 5.78 Å². The van der Waals surface area contributed by atoms with Gasteiger partial charge in [0.25, 0.3) is 0 Å². The van der Waals surface area contributed by atoms with Gasteiger partial charge in [-0.1, -0.05) is 6.92 Å². The van der Waals surface area contributed by atoms with Gasteiger partial charge in [0.1, 0.15) is 0 Å². The number of hydrogen-bond donors (Lipinski definition) is 0. The summed E-state index contributed by atoms with van der Waals surface area (Å²) in [6, 6.07) is 0. The molecule has 0 saturated carbocycles. The zero-order chi connectivity index (χ0) is 9.86. The smallest absolute Gasteiger partial charge is 0.876 e. The van der Waals surface area contributed by atoms with Crippen LogP contribution in [-0.2, 0) is 4.79 Å². The molecule has 2 nitrogen and oxygen atoms in total. The minimum Gasteiger partial charge on any atom is -0.876 e. The van der Waals surface area contributed by atoms with Crippen LogP contribution in [0.15, 0.2) is 11.8 Å². The molecule has 0 spiro atoms. The minimum absolute atomic E-state index is 0. The van der Waals surface area contributed by atoms with E-state index in [0.29, 0.717) is 0 Å². The van der Waals surface area contributed by atoms with E-state index in [1.54, 1.807) is 13.8 Å². The molecule has 3 heteroatoms. The van der Waals surface area contributed by atoms with Crippen molar-refractivity contribution in [3.63, 3.8) is 0 Å². The van der Waals surface area contributed by atoms with E-state index in [0.717, 1.165) is 6.08 Å². The van der Waals surface area contributed by atoms with Gasteiger partial charge < -0.3 is 19.0 Å². The van der Waals surface area contributed by atoms with Crippen LogP contribution in [0.2, 0.25) is 0 Å². The van der Waals surface area contributed by atoms with Crippen molar-refractivity contribution in [2.75, 3.05) is 0 Å². The van der Waals surface area contributed by atoms with Crippen LogP contribution >= 0.6 is 0 Å². The Bertz CT molecular complexity index is 105. The molecule has 0 heterocycles. The van der Waals surface area contributed by atoms with Gasteiger partial charge in [0, 0.05) is 0 Å². The van der Waals surface area contributed by atoms with Gasteiger partial charge in [0.05, 0.1) is 0 Å². The third-order valence-corrected chi connectivity index (χ3v) is 0.407. The molecule has 0 unspecified atom stereocenters. The van der Waals surface area contributed by atoms with Crippen molar-refractivity contribution in [2.24, 2.45) is 0 Å². The SMILES string of the molecule is CC(=O)/C=C(/C)[O-].[CH2-]C.[CH2-]C.[Tl+3]. The van der Waals surface area contributed by atoms with Crippen molar-refractivity contribution in [1.82, 2.24) is 0 Å². The summed E-state index contributed by atoms with van der Waals surface area (Å²) < 4.78 is 0. The van der Waals surface area contributed by atoms with Crippen molar-refractivity contribution < 1.29 is 9.90 Å². The quantitative estimate of drug-likeness (QED) is 0.304. The molecule has 0 aromatic heterocycles. The van der Waals surface area contributed by atoms with Gasteiger partial charge >= 0.3 is 27.3 Å². The summed E-state index contributed by atoms with van der Waals surface area (Å²) in [5.74, 6) is -0.375. The monoisotopic (exact) mass is 362 g/mol. The van der Waals surface area contributed by atoms with Crippen LogP contribution in [0.4, 0.5) is 0 Å². The first kappa shape index (κ1) is 22.7. The second kappa shape index (κ2) is 22.5.